The lowest BCUT2D eigenvalue weighted by molar-refractivity contribution is 0.484. The van der Waals surface area contributed by atoms with Crippen LogP contribution in [-0.2, 0) is 6.42 Å². The normalized spacial score (nSPS) is 11.2. The van der Waals surface area contributed by atoms with E-state index in [-0.39, 0.29) is 5.82 Å². The Morgan fingerprint density at radius 2 is 2.20 bits per heavy atom. The second-order valence-electron chi connectivity index (χ2n) is 4.96. The second kappa shape index (κ2) is 6.99. The lowest BCUT2D eigenvalue weighted by Gasteiger charge is -2.05. The van der Waals surface area contributed by atoms with E-state index < -0.39 is 0 Å². The molecule has 1 aromatic heterocycles. The maximum absolute atomic E-state index is 13.5. The van der Waals surface area contributed by atoms with Crippen molar-refractivity contribution in [3.63, 3.8) is 0 Å². The van der Waals surface area contributed by atoms with Gasteiger partial charge in [-0.05, 0) is 47.1 Å². The molecule has 5 heteroatoms. The molecule has 2 rings (SSSR count). The molecule has 108 valence electrons. The fourth-order valence-electron chi connectivity index (χ4n) is 1.84. The summed E-state index contributed by atoms with van der Waals surface area (Å²) in [5, 5.41) is 3.34. The van der Waals surface area contributed by atoms with Crippen molar-refractivity contribution < 1.29 is 8.81 Å². The molecule has 0 aliphatic heterocycles. The van der Waals surface area contributed by atoms with E-state index in [1.54, 1.807) is 18.3 Å². The number of nitrogens with one attached hydrogen (secondary N) is 1. The van der Waals surface area contributed by atoms with Crippen LogP contribution in [0.1, 0.15) is 26.2 Å². The number of nitrogens with zero attached hydrogens (tertiary/aromatic N) is 1. The molecular formula is C15H18BrFN2O. The van der Waals surface area contributed by atoms with Crippen LogP contribution in [0.3, 0.4) is 0 Å². The zero-order chi connectivity index (χ0) is 14.5. The van der Waals surface area contributed by atoms with Gasteiger partial charge in [-0.2, -0.15) is 0 Å². The first kappa shape index (κ1) is 15.2. The highest BCUT2D eigenvalue weighted by Gasteiger charge is 2.08. The third-order valence-electron chi connectivity index (χ3n) is 2.88. The minimum atomic E-state index is -0.304. The van der Waals surface area contributed by atoms with E-state index in [0.717, 1.165) is 19.4 Å². The molecule has 0 spiro atoms. The molecule has 0 unspecified atom stereocenters. The molecule has 0 aliphatic rings. The molecule has 0 amide bonds. The van der Waals surface area contributed by atoms with Gasteiger partial charge in [-0.25, -0.2) is 9.37 Å². The summed E-state index contributed by atoms with van der Waals surface area (Å²) in [6.07, 6.45) is 3.39. The molecule has 1 heterocycles. The van der Waals surface area contributed by atoms with E-state index in [2.05, 4.69) is 40.1 Å². The average molecular weight is 341 g/mol. The van der Waals surface area contributed by atoms with Crippen molar-refractivity contribution in [1.82, 2.24) is 10.3 Å². The van der Waals surface area contributed by atoms with Crippen molar-refractivity contribution in [3.8, 4) is 11.3 Å². The van der Waals surface area contributed by atoms with Gasteiger partial charge in [0, 0.05) is 18.0 Å². The van der Waals surface area contributed by atoms with Crippen LogP contribution >= 0.6 is 15.9 Å². The largest absolute Gasteiger partial charge is 0.441 e. The number of hydrogen-bond donors (Lipinski definition) is 1. The van der Waals surface area contributed by atoms with Gasteiger partial charge in [-0.1, -0.05) is 13.8 Å². The number of aromatic nitrogens is 1. The summed E-state index contributed by atoms with van der Waals surface area (Å²) >= 11 is 3.13. The molecule has 20 heavy (non-hydrogen) atoms. The van der Waals surface area contributed by atoms with Gasteiger partial charge < -0.3 is 9.73 Å². The van der Waals surface area contributed by atoms with Gasteiger partial charge in [0.25, 0.3) is 0 Å². The first-order chi connectivity index (χ1) is 9.56. The van der Waals surface area contributed by atoms with Gasteiger partial charge >= 0.3 is 0 Å². The molecule has 2 aromatic rings. The third kappa shape index (κ3) is 4.15. The van der Waals surface area contributed by atoms with E-state index in [9.17, 15) is 4.39 Å². The van der Waals surface area contributed by atoms with Crippen LogP contribution in [0.4, 0.5) is 4.39 Å². The van der Waals surface area contributed by atoms with Crippen molar-refractivity contribution in [2.24, 2.45) is 0 Å². The quantitative estimate of drug-likeness (QED) is 0.802. The summed E-state index contributed by atoms with van der Waals surface area (Å²) in [7, 11) is 0. The number of rotatable bonds is 6. The maximum Gasteiger partial charge on any atom is 0.194 e. The number of hydrogen-bond acceptors (Lipinski definition) is 3. The van der Waals surface area contributed by atoms with Crippen LogP contribution in [0.2, 0.25) is 0 Å². The molecule has 0 atom stereocenters. The lowest BCUT2D eigenvalue weighted by atomic mass is 10.2. The molecule has 0 bridgehead atoms. The highest BCUT2D eigenvalue weighted by Crippen LogP contribution is 2.25. The monoisotopic (exact) mass is 340 g/mol. The molecule has 0 aliphatic carbocycles. The second-order valence-corrected chi connectivity index (χ2v) is 5.81. The van der Waals surface area contributed by atoms with Crippen molar-refractivity contribution in [2.75, 3.05) is 6.54 Å². The standard InChI is InChI=1S/C15H18BrFN2O/c1-10(2)18-7-3-4-15-19-9-14(20-15)11-5-6-12(16)13(17)8-11/h5-6,8-10,18H,3-4,7H2,1-2H3. The van der Waals surface area contributed by atoms with Gasteiger partial charge in [-0.15, -0.1) is 0 Å². The van der Waals surface area contributed by atoms with Crippen LogP contribution in [0.5, 0.6) is 0 Å². The van der Waals surface area contributed by atoms with Crippen LogP contribution in [0.25, 0.3) is 11.3 Å². The number of oxazole rings is 1. The topological polar surface area (TPSA) is 38.1 Å². The molecule has 0 fully saturated rings. The van der Waals surface area contributed by atoms with Crippen LogP contribution < -0.4 is 5.32 Å². The molecule has 0 saturated heterocycles. The van der Waals surface area contributed by atoms with Crippen LogP contribution in [-0.4, -0.2) is 17.6 Å². The average Bonchev–Trinajstić information content (AvgIpc) is 2.86. The summed E-state index contributed by atoms with van der Waals surface area (Å²) in [6, 6.07) is 5.40. The first-order valence-electron chi connectivity index (χ1n) is 6.70. The zero-order valence-corrected chi connectivity index (χ0v) is 13.2. The smallest absolute Gasteiger partial charge is 0.194 e. The van der Waals surface area contributed by atoms with Crippen LogP contribution in [0.15, 0.2) is 33.3 Å². The van der Waals surface area contributed by atoms with E-state index in [1.165, 1.54) is 6.07 Å². The Morgan fingerprint density at radius 3 is 2.90 bits per heavy atom. The summed E-state index contributed by atoms with van der Waals surface area (Å²) in [5.41, 5.74) is 0.699. The predicted molar refractivity (Wildman–Crippen MR) is 81.1 cm³/mol. The van der Waals surface area contributed by atoms with E-state index in [0.29, 0.717) is 27.7 Å². The number of halogens is 2. The maximum atomic E-state index is 13.5. The Kier molecular flexibility index (Phi) is 5.31. The van der Waals surface area contributed by atoms with Gasteiger partial charge in [0.15, 0.2) is 11.7 Å². The highest BCUT2D eigenvalue weighted by molar-refractivity contribution is 9.10. The van der Waals surface area contributed by atoms with E-state index in [4.69, 9.17) is 4.42 Å². The van der Waals surface area contributed by atoms with E-state index >= 15 is 0 Å². The Bertz CT molecular complexity index is 569. The summed E-state index contributed by atoms with van der Waals surface area (Å²) in [6.45, 7) is 5.17. The SMILES string of the molecule is CC(C)NCCCc1ncc(-c2ccc(Br)c(F)c2)o1. The molecule has 0 saturated carbocycles. The molecule has 1 aromatic carbocycles. The Morgan fingerprint density at radius 1 is 1.40 bits per heavy atom. The number of benzene rings is 1. The Labute approximate surface area is 126 Å². The van der Waals surface area contributed by atoms with E-state index in [1.807, 2.05) is 0 Å². The minimum Gasteiger partial charge on any atom is -0.441 e. The molecular weight excluding hydrogens is 323 g/mol. The van der Waals surface area contributed by atoms with Crippen molar-refractivity contribution in [3.05, 3.63) is 40.6 Å². The fourth-order valence-corrected chi connectivity index (χ4v) is 2.09. The fraction of sp³-hybridized carbons (Fsp3) is 0.400. The lowest BCUT2D eigenvalue weighted by Crippen LogP contribution is -2.23. The van der Waals surface area contributed by atoms with Crippen molar-refractivity contribution in [1.29, 1.82) is 0 Å². The molecule has 3 nitrogen and oxygen atoms in total. The first-order valence-corrected chi connectivity index (χ1v) is 7.49. The Hall–Kier alpha value is -1.20. The third-order valence-corrected chi connectivity index (χ3v) is 3.52. The highest BCUT2D eigenvalue weighted by atomic mass is 79.9. The summed E-state index contributed by atoms with van der Waals surface area (Å²) in [4.78, 5) is 4.23. The minimum absolute atomic E-state index is 0.304. The van der Waals surface area contributed by atoms with Gasteiger partial charge in [0.05, 0.1) is 10.7 Å². The van der Waals surface area contributed by atoms with Crippen molar-refractivity contribution >= 4 is 15.9 Å². The van der Waals surface area contributed by atoms with Gasteiger partial charge in [0.2, 0.25) is 0 Å². The zero-order valence-electron chi connectivity index (χ0n) is 11.6. The summed E-state index contributed by atoms with van der Waals surface area (Å²) < 4.78 is 19.6. The molecule has 0 radical (unpaired) electrons. The van der Waals surface area contributed by atoms with Crippen molar-refractivity contribution in [2.45, 2.75) is 32.7 Å². The summed E-state index contributed by atoms with van der Waals surface area (Å²) in [5.74, 6) is 0.985. The van der Waals surface area contributed by atoms with Crippen LogP contribution in [0, 0.1) is 5.82 Å². The number of aryl methyl sites for hydroxylation is 1. The molecule has 1 N–H and O–H groups in total. The Balaban J connectivity index is 1.96. The van der Waals surface area contributed by atoms with Gasteiger partial charge in [-0.3, -0.25) is 0 Å². The predicted octanol–water partition coefficient (Wildman–Crippen LogP) is 4.17. The van der Waals surface area contributed by atoms with Gasteiger partial charge in [0.1, 0.15) is 5.82 Å².